The summed E-state index contributed by atoms with van der Waals surface area (Å²) in [7, 11) is -3.59. The van der Waals surface area contributed by atoms with Crippen molar-refractivity contribution in [2.24, 2.45) is 11.1 Å². The zero-order valence-corrected chi connectivity index (χ0v) is 23.4. The fourth-order valence-corrected chi connectivity index (χ4v) is 6.72. The molecule has 10 nitrogen and oxygen atoms in total. The average molecular weight is 569 g/mol. The summed E-state index contributed by atoms with van der Waals surface area (Å²) in [5, 5.41) is 4.69. The first kappa shape index (κ1) is 27.2. The summed E-state index contributed by atoms with van der Waals surface area (Å²) in [5.41, 5.74) is 4.02. The van der Waals surface area contributed by atoms with Crippen LogP contribution in [0.15, 0.2) is 30.3 Å². The number of amides is 2. The van der Waals surface area contributed by atoms with Gasteiger partial charge >= 0.3 is 0 Å². The fraction of sp³-hybridized carbons (Fsp3) is 0.552. The molecule has 11 heteroatoms. The van der Waals surface area contributed by atoms with Crippen LogP contribution in [-0.4, -0.2) is 73.2 Å². The van der Waals surface area contributed by atoms with Crippen molar-refractivity contribution in [3.05, 3.63) is 58.3 Å². The zero-order valence-electron chi connectivity index (χ0n) is 22.6. The second-order valence-corrected chi connectivity index (χ2v) is 13.3. The highest BCUT2D eigenvalue weighted by Gasteiger charge is 2.32. The Morgan fingerprint density at radius 2 is 1.60 bits per heavy atom. The van der Waals surface area contributed by atoms with E-state index in [-0.39, 0.29) is 11.8 Å². The van der Waals surface area contributed by atoms with Crippen molar-refractivity contribution in [2.45, 2.75) is 62.8 Å². The van der Waals surface area contributed by atoms with Gasteiger partial charge in [-0.1, -0.05) is 6.07 Å². The normalized spacial score (nSPS) is 20.4. The maximum atomic E-state index is 13.6. The van der Waals surface area contributed by atoms with Crippen LogP contribution >= 0.6 is 0 Å². The zero-order chi connectivity index (χ0) is 27.9. The molecule has 2 amide bonds. The third-order valence-corrected chi connectivity index (χ3v) is 9.93. The number of fused-ring (bicyclic) bond motifs is 1. The summed E-state index contributed by atoms with van der Waals surface area (Å²) in [5.74, 6) is 1.13. The number of benzene rings is 1. The molecule has 1 aliphatic carbocycles. The van der Waals surface area contributed by atoms with E-state index in [9.17, 15) is 18.0 Å². The predicted molar refractivity (Wildman–Crippen MR) is 147 cm³/mol. The van der Waals surface area contributed by atoms with Crippen LogP contribution in [0, 0.1) is 5.92 Å². The van der Waals surface area contributed by atoms with Crippen molar-refractivity contribution in [2.75, 3.05) is 32.9 Å². The molecular formula is C29H36N4O6S. The van der Waals surface area contributed by atoms with E-state index in [1.807, 2.05) is 18.2 Å². The maximum Gasteiger partial charge on any atom is 0.254 e. The Morgan fingerprint density at radius 3 is 2.30 bits per heavy atom. The molecule has 4 heterocycles. The molecular weight excluding hydrogens is 532 g/mol. The minimum atomic E-state index is -3.59. The summed E-state index contributed by atoms with van der Waals surface area (Å²) in [6.07, 6.45) is 4.78. The smallest absolute Gasteiger partial charge is 0.254 e. The van der Waals surface area contributed by atoms with Crippen LogP contribution in [0.5, 0.6) is 5.88 Å². The molecule has 0 unspecified atom stereocenters. The van der Waals surface area contributed by atoms with E-state index in [4.69, 9.17) is 19.6 Å². The van der Waals surface area contributed by atoms with Gasteiger partial charge in [0.15, 0.2) is 0 Å². The number of sulfonamides is 1. The van der Waals surface area contributed by atoms with E-state index in [0.717, 1.165) is 55.7 Å². The number of pyridine rings is 1. The highest BCUT2D eigenvalue weighted by molar-refractivity contribution is 7.89. The summed E-state index contributed by atoms with van der Waals surface area (Å²) in [6.45, 7) is 3.69. The van der Waals surface area contributed by atoms with Crippen molar-refractivity contribution in [1.82, 2.24) is 14.8 Å². The number of piperidine rings is 1. The first-order chi connectivity index (χ1) is 19.2. The largest absolute Gasteiger partial charge is 0.477 e. The molecule has 214 valence electrons. The van der Waals surface area contributed by atoms with Crippen LogP contribution in [0.1, 0.15) is 82.0 Å². The van der Waals surface area contributed by atoms with Crippen molar-refractivity contribution in [1.29, 1.82) is 0 Å². The minimum absolute atomic E-state index is 0.0747. The first-order valence-corrected chi connectivity index (χ1v) is 15.8. The van der Waals surface area contributed by atoms with Gasteiger partial charge in [-0.3, -0.25) is 9.59 Å². The number of ether oxygens (including phenoxy) is 2. The van der Waals surface area contributed by atoms with Crippen LogP contribution in [-0.2, 0) is 27.8 Å². The van der Waals surface area contributed by atoms with Crippen LogP contribution in [0.4, 0.5) is 0 Å². The molecule has 2 aromatic rings. The van der Waals surface area contributed by atoms with E-state index < -0.39 is 15.3 Å². The number of carbonyl (C=O) groups is 2. The number of primary sulfonamides is 1. The molecule has 0 bridgehead atoms. The molecule has 0 radical (unpaired) electrons. The van der Waals surface area contributed by atoms with Crippen LogP contribution in [0.3, 0.4) is 0 Å². The Hall–Kier alpha value is -3.02. The molecule has 0 spiro atoms. The Labute approximate surface area is 234 Å². The summed E-state index contributed by atoms with van der Waals surface area (Å²) in [6, 6.07) is 9.24. The predicted octanol–water partition coefficient (Wildman–Crippen LogP) is 2.81. The second-order valence-electron chi connectivity index (χ2n) is 11.5. The Morgan fingerprint density at radius 1 is 0.900 bits per heavy atom. The molecule has 1 aromatic carbocycles. The second kappa shape index (κ2) is 11.1. The number of carbonyl (C=O) groups excluding carboxylic acids is 2. The summed E-state index contributed by atoms with van der Waals surface area (Å²) >= 11 is 0. The molecule has 6 rings (SSSR count). The molecule has 2 N–H and O–H groups in total. The molecule has 1 aromatic heterocycles. The first-order valence-electron chi connectivity index (χ1n) is 14.2. The molecule has 40 heavy (non-hydrogen) atoms. The molecule has 3 fully saturated rings. The van der Waals surface area contributed by atoms with E-state index >= 15 is 0 Å². The van der Waals surface area contributed by atoms with Gasteiger partial charge in [0, 0.05) is 68.2 Å². The fourth-order valence-electron chi connectivity index (χ4n) is 5.85. The van der Waals surface area contributed by atoms with Crippen LogP contribution in [0.2, 0.25) is 0 Å². The third-order valence-electron chi connectivity index (χ3n) is 8.53. The number of nitrogens with two attached hydrogens (primary N) is 1. The molecule has 3 aliphatic heterocycles. The lowest BCUT2D eigenvalue weighted by atomic mass is 10.0. The van der Waals surface area contributed by atoms with E-state index in [0.29, 0.717) is 74.5 Å². The number of aromatic nitrogens is 1. The lowest BCUT2D eigenvalue weighted by Crippen LogP contribution is -2.44. The number of hydrogen-bond donors (Lipinski definition) is 1. The van der Waals surface area contributed by atoms with Crippen molar-refractivity contribution in [3.8, 4) is 5.88 Å². The number of hydrogen-bond acceptors (Lipinski definition) is 7. The third kappa shape index (κ3) is 6.01. The Balaban J connectivity index is 1.12. The van der Waals surface area contributed by atoms with E-state index in [1.165, 1.54) is 0 Å². The van der Waals surface area contributed by atoms with Crippen LogP contribution in [0.25, 0.3) is 0 Å². The van der Waals surface area contributed by atoms with Gasteiger partial charge in [0.25, 0.3) is 11.8 Å². The van der Waals surface area contributed by atoms with Gasteiger partial charge in [-0.05, 0) is 73.8 Å². The monoisotopic (exact) mass is 568 g/mol. The quantitative estimate of drug-likeness (QED) is 0.543. The van der Waals surface area contributed by atoms with Gasteiger partial charge in [-0.2, -0.15) is 0 Å². The van der Waals surface area contributed by atoms with Crippen molar-refractivity contribution < 1.29 is 27.5 Å². The van der Waals surface area contributed by atoms with Crippen molar-refractivity contribution in [3.63, 3.8) is 0 Å². The Bertz CT molecular complexity index is 1400. The van der Waals surface area contributed by atoms with Gasteiger partial charge in [0.05, 0.1) is 11.9 Å². The highest BCUT2D eigenvalue weighted by atomic mass is 32.2. The van der Waals surface area contributed by atoms with Gasteiger partial charge in [0.2, 0.25) is 15.9 Å². The van der Waals surface area contributed by atoms with Crippen molar-refractivity contribution >= 4 is 21.8 Å². The van der Waals surface area contributed by atoms with Gasteiger partial charge in [0.1, 0.15) is 0 Å². The molecule has 4 aliphatic rings. The minimum Gasteiger partial charge on any atom is -0.477 e. The van der Waals surface area contributed by atoms with Crippen LogP contribution < -0.4 is 9.88 Å². The van der Waals surface area contributed by atoms with Gasteiger partial charge < -0.3 is 19.3 Å². The Kier molecular flexibility index (Phi) is 7.54. The SMILES string of the molecule is NS(=O)(=O)C1CCN(C(=O)c2ccc3c(c2)CN(C(=O)c2cc(OCC4CCOCC4)nc(C4CC4)c2)C3)CC1. The topological polar surface area (TPSA) is 132 Å². The molecule has 0 atom stereocenters. The van der Waals surface area contributed by atoms with E-state index in [2.05, 4.69) is 0 Å². The van der Waals surface area contributed by atoms with E-state index in [1.54, 1.807) is 21.9 Å². The van der Waals surface area contributed by atoms with Gasteiger partial charge in [-0.25, -0.2) is 18.5 Å². The lowest BCUT2D eigenvalue weighted by Gasteiger charge is -2.31. The summed E-state index contributed by atoms with van der Waals surface area (Å²) in [4.78, 5) is 35.0. The number of nitrogens with zero attached hydrogens (tertiary/aromatic N) is 3. The highest BCUT2D eigenvalue weighted by Crippen LogP contribution is 2.40. The number of rotatable bonds is 7. The number of likely N-dealkylation sites (tertiary alicyclic amines) is 1. The van der Waals surface area contributed by atoms with Gasteiger partial charge in [-0.15, -0.1) is 0 Å². The standard InChI is InChI=1S/C29H36N4O6S/c30-40(36,37)25-5-9-32(10-6-25)28(34)21-3-4-22-16-33(17-24(22)13-21)29(35)23-14-26(20-1-2-20)31-27(15-23)39-18-19-7-11-38-12-8-19/h3-4,13-15,19-20,25H,1-2,5-12,16-18H2,(H2,30,36,37). The maximum absolute atomic E-state index is 13.6. The average Bonchev–Trinajstić information content (AvgIpc) is 3.74. The lowest BCUT2D eigenvalue weighted by molar-refractivity contribution is 0.0490. The summed E-state index contributed by atoms with van der Waals surface area (Å²) < 4.78 is 34.8. The molecule has 2 saturated heterocycles. The molecule has 1 saturated carbocycles.